The smallest absolute Gasteiger partial charge is 0.213 e. The van der Waals surface area contributed by atoms with E-state index in [0.29, 0.717) is 12.5 Å². The van der Waals surface area contributed by atoms with Crippen molar-refractivity contribution in [2.24, 2.45) is 5.73 Å². The Morgan fingerprint density at radius 2 is 2.50 bits per heavy atom. The molecule has 1 unspecified atom stereocenters. The number of nitrogens with zero attached hydrogens (tertiary/aromatic N) is 1. The third kappa shape index (κ3) is 2.93. The van der Waals surface area contributed by atoms with Gasteiger partial charge in [0.15, 0.2) is 0 Å². The molecule has 1 fully saturated rings. The molecule has 88 valence electrons. The van der Waals surface area contributed by atoms with Gasteiger partial charge in [-0.2, -0.15) is 0 Å². The fraction of sp³-hybridized carbons (Fsp3) is 0.583. The van der Waals surface area contributed by atoms with Crippen LogP contribution in [0, 0.1) is 0 Å². The van der Waals surface area contributed by atoms with Crippen LogP contribution in [-0.2, 0) is 4.74 Å². The summed E-state index contributed by atoms with van der Waals surface area (Å²) in [4.78, 5) is 4.20. The van der Waals surface area contributed by atoms with Crippen molar-refractivity contribution in [3.8, 4) is 5.88 Å². The number of ether oxygens (including phenoxy) is 2. The molecule has 0 spiro atoms. The molecule has 1 aromatic rings. The van der Waals surface area contributed by atoms with Crippen LogP contribution in [0.25, 0.3) is 0 Å². The largest absolute Gasteiger partial charge is 0.475 e. The van der Waals surface area contributed by atoms with Gasteiger partial charge in [0.05, 0.1) is 6.10 Å². The minimum absolute atomic E-state index is 0.0136. The molecule has 2 N–H and O–H groups in total. The topological polar surface area (TPSA) is 57.4 Å². The highest BCUT2D eigenvalue weighted by molar-refractivity contribution is 5.19. The monoisotopic (exact) mass is 222 g/mol. The van der Waals surface area contributed by atoms with Gasteiger partial charge in [-0.15, -0.1) is 0 Å². The maximum atomic E-state index is 5.74. The van der Waals surface area contributed by atoms with Crippen molar-refractivity contribution in [1.29, 1.82) is 0 Å². The Hall–Kier alpha value is -1.13. The molecule has 4 heteroatoms. The quantitative estimate of drug-likeness (QED) is 0.841. The molecule has 0 radical (unpaired) electrons. The fourth-order valence-corrected chi connectivity index (χ4v) is 1.70. The lowest BCUT2D eigenvalue weighted by Gasteiger charge is -2.11. The van der Waals surface area contributed by atoms with E-state index in [4.69, 9.17) is 15.2 Å². The zero-order valence-electron chi connectivity index (χ0n) is 9.56. The van der Waals surface area contributed by atoms with E-state index in [-0.39, 0.29) is 12.1 Å². The second-order valence-electron chi connectivity index (χ2n) is 4.16. The van der Waals surface area contributed by atoms with Crippen molar-refractivity contribution in [2.75, 3.05) is 13.2 Å². The summed E-state index contributed by atoms with van der Waals surface area (Å²) in [6.45, 7) is 3.37. The molecular formula is C12H18N2O2. The van der Waals surface area contributed by atoms with E-state index in [1.54, 1.807) is 6.20 Å². The van der Waals surface area contributed by atoms with E-state index in [2.05, 4.69) is 4.98 Å². The summed E-state index contributed by atoms with van der Waals surface area (Å²) in [5.74, 6) is 0.639. The van der Waals surface area contributed by atoms with Gasteiger partial charge in [-0.3, -0.25) is 0 Å². The lowest BCUT2D eigenvalue weighted by Crippen LogP contribution is -2.16. The third-order valence-electron chi connectivity index (χ3n) is 2.73. The van der Waals surface area contributed by atoms with Gasteiger partial charge in [0.25, 0.3) is 0 Å². The maximum Gasteiger partial charge on any atom is 0.213 e. The molecule has 2 atom stereocenters. The summed E-state index contributed by atoms with van der Waals surface area (Å²) in [7, 11) is 0. The summed E-state index contributed by atoms with van der Waals surface area (Å²) in [5.41, 5.74) is 6.75. The van der Waals surface area contributed by atoms with Crippen LogP contribution in [0.4, 0.5) is 0 Å². The van der Waals surface area contributed by atoms with Gasteiger partial charge in [-0.25, -0.2) is 4.98 Å². The van der Waals surface area contributed by atoms with E-state index < -0.39 is 0 Å². The Balaban J connectivity index is 1.84. The van der Waals surface area contributed by atoms with Gasteiger partial charge in [-0.1, -0.05) is 6.07 Å². The summed E-state index contributed by atoms with van der Waals surface area (Å²) in [6.07, 6.45) is 4.20. The first kappa shape index (κ1) is 11.4. The highest BCUT2D eigenvalue weighted by Gasteiger charge is 2.16. The SMILES string of the molecule is C[C@@H](N)c1ccc(OCC2CCCO2)nc1. The summed E-state index contributed by atoms with van der Waals surface area (Å²) in [5, 5.41) is 0. The summed E-state index contributed by atoms with van der Waals surface area (Å²) >= 11 is 0. The van der Waals surface area contributed by atoms with E-state index in [9.17, 15) is 0 Å². The standard InChI is InChI=1S/C12H18N2O2/c1-9(13)10-4-5-12(14-7-10)16-8-11-3-2-6-15-11/h4-5,7,9,11H,2-3,6,8,13H2,1H3/t9-,11?/m1/s1. The predicted octanol–water partition coefficient (Wildman–Crippen LogP) is 1.66. The highest BCUT2D eigenvalue weighted by Crippen LogP contribution is 2.15. The zero-order valence-corrected chi connectivity index (χ0v) is 9.56. The van der Waals surface area contributed by atoms with Crippen molar-refractivity contribution in [3.05, 3.63) is 23.9 Å². The van der Waals surface area contributed by atoms with Crippen molar-refractivity contribution >= 4 is 0 Å². The second kappa shape index (κ2) is 5.27. The Labute approximate surface area is 95.8 Å². The minimum Gasteiger partial charge on any atom is -0.475 e. The maximum absolute atomic E-state index is 5.74. The Kier molecular flexibility index (Phi) is 3.74. The van der Waals surface area contributed by atoms with Crippen molar-refractivity contribution in [2.45, 2.75) is 31.9 Å². The molecular weight excluding hydrogens is 204 g/mol. The van der Waals surface area contributed by atoms with Crippen LogP contribution in [-0.4, -0.2) is 24.3 Å². The van der Waals surface area contributed by atoms with Gasteiger partial charge >= 0.3 is 0 Å². The second-order valence-corrected chi connectivity index (χ2v) is 4.16. The van der Waals surface area contributed by atoms with E-state index >= 15 is 0 Å². The predicted molar refractivity (Wildman–Crippen MR) is 61.3 cm³/mol. The highest BCUT2D eigenvalue weighted by atomic mass is 16.5. The average molecular weight is 222 g/mol. The number of hydrogen-bond acceptors (Lipinski definition) is 4. The van der Waals surface area contributed by atoms with Gasteiger partial charge in [-0.05, 0) is 25.3 Å². The van der Waals surface area contributed by atoms with Gasteiger partial charge in [0, 0.05) is 24.9 Å². The first-order valence-corrected chi connectivity index (χ1v) is 5.71. The molecule has 1 saturated heterocycles. The van der Waals surface area contributed by atoms with Crippen LogP contribution in [0.3, 0.4) is 0 Å². The molecule has 2 heterocycles. The number of nitrogens with two attached hydrogens (primary N) is 1. The molecule has 1 aromatic heterocycles. The third-order valence-corrected chi connectivity index (χ3v) is 2.73. The number of aromatic nitrogens is 1. The first-order chi connectivity index (χ1) is 7.75. The Bertz CT molecular complexity index is 318. The van der Waals surface area contributed by atoms with Gasteiger partial charge < -0.3 is 15.2 Å². The normalized spacial score (nSPS) is 22.0. The minimum atomic E-state index is 0.0136. The molecule has 4 nitrogen and oxygen atoms in total. The molecule has 1 aliphatic rings. The molecule has 0 bridgehead atoms. The lowest BCUT2D eigenvalue weighted by atomic mass is 10.2. The number of pyridine rings is 1. The molecule has 2 rings (SSSR count). The Morgan fingerprint density at radius 1 is 1.62 bits per heavy atom. The zero-order chi connectivity index (χ0) is 11.4. The van der Waals surface area contributed by atoms with Crippen molar-refractivity contribution < 1.29 is 9.47 Å². The molecule has 0 aromatic carbocycles. The van der Waals surface area contributed by atoms with Crippen molar-refractivity contribution in [3.63, 3.8) is 0 Å². The average Bonchev–Trinajstić information content (AvgIpc) is 2.80. The van der Waals surface area contributed by atoms with E-state index in [1.165, 1.54) is 0 Å². The molecule has 0 saturated carbocycles. The van der Waals surface area contributed by atoms with Gasteiger partial charge in [0.1, 0.15) is 6.61 Å². The molecule has 1 aliphatic heterocycles. The summed E-state index contributed by atoms with van der Waals surface area (Å²) in [6, 6.07) is 3.82. The van der Waals surface area contributed by atoms with E-state index in [1.807, 2.05) is 19.1 Å². The van der Waals surface area contributed by atoms with Crippen LogP contribution >= 0.6 is 0 Å². The van der Waals surface area contributed by atoms with Crippen LogP contribution < -0.4 is 10.5 Å². The lowest BCUT2D eigenvalue weighted by molar-refractivity contribution is 0.0663. The number of hydrogen-bond donors (Lipinski definition) is 1. The fourth-order valence-electron chi connectivity index (χ4n) is 1.70. The Morgan fingerprint density at radius 3 is 3.06 bits per heavy atom. The first-order valence-electron chi connectivity index (χ1n) is 5.71. The number of rotatable bonds is 4. The molecule has 0 aliphatic carbocycles. The van der Waals surface area contributed by atoms with Crippen LogP contribution in [0.2, 0.25) is 0 Å². The van der Waals surface area contributed by atoms with Crippen LogP contribution in [0.15, 0.2) is 18.3 Å². The van der Waals surface area contributed by atoms with E-state index in [0.717, 1.165) is 25.0 Å². The molecule has 0 amide bonds. The van der Waals surface area contributed by atoms with Crippen molar-refractivity contribution in [1.82, 2.24) is 4.98 Å². The van der Waals surface area contributed by atoms with Crippen LogP contribution in [0.1, 0.15) is 31.4 Å². The molecule has 16 heavy (non-hydrogen) atoms. The van der Waals surface area contributed by atoms with Gasteiger partial charge in [0.2, 0.25) is 5.88 Å². The summed E-state index contributed by atoms with van der Waals surface area (Å²) < 4.78 is 11.0. The van der Waals surface area contributed by atoms with Crippen LogP contribution in [0.5, 0.6) is 5.88 Å².